The number of imidazole rings is 1. The van der Waals surface area contributed by atoms with E-state index in [1.54, 1.807) is 30.5 Å². The van der Waals surface area contributed by atoms with Crippen molar-refractivity contribution < 1.29 is 14.7 Å². The number of hydrogen-bond donors (Lipinski definition) is 2. The summed E-state index contributed by atoms with van der Waals surface area (Å²) in [5.41, 5.74) is 5.00. The summed E-state index contributed by atoms with van der Waals surface area (Å²) in [4.78, 5) is 29.7. The van der Waals surface area contributed by atoms with Gasteiger partial charge in [-0.2, -0.15) is 4.37 Å². The lowest BCUT2D eigenvalue weighted by atomic mass is 10.0. The zero-order valence-electron chi connectivity index (χ0n) is 21.0. The third-order valence-electron chi connectivity index (χ3n) is 6.85. The lowest BCUT2D eigenvalue weighted by molar-refractivity contribution is 0.0696. The van der Waals surface area contributed by atoms with Gasteiger partial charge in [-0.25, -0.2) is 9.78 Å². The van der Waals surface area contributed by atoms with Crippen molar-refractivity contribution >= 4 is 39.7 Å². The summed E-state index contributed by atoms with van der Waals surface area (Å²) in [6.45, 7) is 1.87. The van der Waals surface area contributed by atoms with Crippen LogP contribution in [0.3, 0.4) is 0 Å². The van der Waals surface area contributed by atoms with Crippen LogP contribution in [0.1, 0.15) is 50.8 Å². The van der Waals surface area contributed by atoms with Crippen LogP contribution in [0.15, 0.2) is 96.5 Å². The Morgan fingerprint density at radius 1 is 0.974 bits per heavy atom. The molecule has 0 unspecified atom stereocenters. The van der Waals surface area contributed by atoms with E-state index in [1.165, 1.54) is 16.9 Å². The van der Waals surface area contributed by atoms with Crippen molar-refractivity contribution in [3.05, 3.63) is 125 Å². The van der Waals surface area contributed by atoms with Gasteiger partial charge < -0.3 is 10.4 Å². The van der Waals surface area contributed by atoms with Crippen LogP contribution >= 0.6 is 11.5 Å². The number of nitrogens with one attached hydrogen (secondary N) is 1. The number of fused-ring (bicyclic) bond motifs is 2. The van der Waals surface area contributed by atoms with Crippen LogP contribution in [0, 0.1) is 0 Å². The molecule has 0 saturated heterocycles. The molecule has 3 aromatic carbocycles. The van der Waals surface area contributed by atoms with Gasteiger partial charge in [-0.1, -0.05) is 54.6 Å². The molecule has 1 amide bonds. The largest absolute Gasteiger partial charge is 0.478 e. The summed E-state index contributed by atoms with van der Waals surface area (Å²) in [5.74, 6) is -0.489. The second-order valence-electron chi connectivity index (χ2n) is 9.43. The van der Waals surface area contributed by atoms with Gasteiger partial charge in [-0.3, -0.25) is 9.20 Å². The SMILES string of the molecule is C[C@H](NC(=O)c1cc(-c2ccsn2)cc2cnc(Cc3ccc4ccccc4c3)n12)c1ccc(C(=O)O)cc1. The van der Waals surface area contributed by atoms with E-state index in [2.05, 4.69) is 40.0 Å². The van der Waals surface area contributed by atoms with E-state index >= 15 is 0 Å². The van der Waals surface area contributed by atoms with E-state index < -0.39 is 5.97 Å². The standard InChI is InChI=1S/C31H24N4O3S/c1-19(21-8-10-23(11-9-21)31(37)38)33-30(36)28-17-25(27-12-13-39-34-27)16-26-18-32-29(35(26)28)15-20-6-7-22-4-2-3-5-24(22)14-20/h2-14,16-19H,15H2,1H3,(H,33,36)(H,37,38)/t19-/m0/s1. The van der Waals surface area contributed by atoms with Crippen molar-refractivity contribution in [1.29, 1.82) is 0 Å². The highest BCUT2D eigenvalue weighted by Crippen LogP contribution is 2.26. The minimum atomic E-state index is -0.987. The van der Waals surface area contributed by atoms with Gasteiger partial charge in [-0.05, 0) is 70.7 Å². The molecule has 0 bridgehead atoms. The highest BCUT2D eigenvalue weighted by molar-refractivity contribution is 7.03. The summed E-state index contributed by atoms with van der Waals surface area (Å²) in [5, 5.41) is 16.5. The van der Waals surface area contributed by atoms with Gasteiger partial charge in [0.1, 0.15) is 11.5 Å². The lowest BCUT2D eigenvalue weighted by Crippen LogP contribution is -2.28. The van der Waals surface area contributed by atoms with Gasteiger partial charge in [0.15, 0.2) is 0 Å². The van der Waals surface area contributed by atoms with Crippen LogP contribution in [0.5, 0.6) is 0 Å². The van der Waals surface area contributed by atoms with Crippen molar-refractivity contribution in [2.75, 3.05) is 0 Å². The number of benzene rings is 3. The Morgan fingerprint density at radius 3 is 2.51 bits per heavy atom. The molecule has 0 spiro atoms. The number of aromatic nitrogens is 3. The van der Waals surface area contributed by atoms with Crippen LogP contribution in [0.2, 0.25) is 0 Å². The lowest BCUT2D eigenvalue weighted by Gasteiger charge is -2.17. The van der Waals surface area contributed by atoms with Gasteiger partial charge in [-0.15, -0.1) is 0 Å². The average molecular weight is 533 g/mol. The average Bonchev–Trinajstić information content (AvgIpc) is 3.63. The van der Waals surface area contributed by atoms with Crippen molar-refractivity contribution in [3.63, 3.8) is 0 Å². The Labute approximate surface area is 228 Å². The summed E-state index contributed by atoms with van der Waals surface area (Å²) in [7, 11) is 0. The maximum Gasteiger partial charge on any atom is 0.335 e. The van der Waals surface area contributed by atoms with E-state index in [9.17, 15) is 14.7 Å². The van der Waals surface area contributed by atoms with Crippen LogP contribution in [-0.4, -0.2) is 30.7 Å². The van der Waals surface area contributed by atoms with Crippen molar-refractivity contribution in [3.8, 4) is 11.3 Å². The number of amides is 1. The summed E-state index contributed by atoms with van der Waals surface area (Å²) >= 11 is 1.36. The number of hydrogen-bond acceptors (Lipinski definition) is 5. The number of carboxylic acids is 1. The molecule has 0 aliphatic heterocycles. The Hall–Kier alpha value is -4.82. The maximum absolute atomic E-state index is 13.7. The zero-order valence-corrected chi connectivity index (χ0v) is 21.9. The molecule has 39 heavy (non-hydrogen) atoms. The van der Waals surface area contributed by atoms with E-state index in [0.29, 0.717) is 12.1 Å². The summed E-state index contributed by atoms with van der Waals surface area (Å²) in [6.07, 6.45) is 2.35. The van der Waals surface area contributed by atoms with Crippen LogP contribution in [-0.2, 0) is 6.42 Å². The van der Waals surface area contributed by atoms with Crippen molar-refractivity contribution in [2.24, 2.45) is 0 Å². The topological polar surface area (TPSA) is 96.6 Å². The third-order valence-corrected chi connectivity index (χ3v) is 7.41. The summed E-state index contributed by atoms with van der Waals surface area (Å²) < 4.78 is 6.36. The highest BCUT2D eigenvalue weighted by atomic mass is 32.1. The second kappa shape index (κ2) is 10.2. The predicted octanol–water partition coefficient (Wildman–Crippen LogP) is 6.39. The minimum Gasteiger partial charge on any atom is -0.478 e. The highest BCUT2D eigenvalue weighted by Gasteiger charge is 2.20. The molecule has 6 rings (SSSR count). The number of aromatic carboxylic acids is 1. The third kappa shape index (κ3) is 4.89. The summed E-state index contributed by atoms with van der Waals surface area (Å²) in [6, 6.07) is 26.5. The molecule has 0 fully saturated rings. The van der Waals surface area contributed by atoms with Crippen LogP contribution < -0.4 is 5.32 Å². The van der Waals surface area contributed by atoms with Gasteiger partial charge in [0, 0.05) is 17.4 Å². The number of rotatable bonds is 7. The molecule has 1 atom stereocenters. The van der Waals surface area contributed by atoms with Crippen molar-refractivity contribution in [1.82, 2.24) is 19.1 Å². The molecule has 3 heterocycles. The Balaban J connectivity index is 1.38. The van der Waals surface area contributed by atoms with E-state index in [-0.39, 0.29) is 17.5 Å². The molecule has 192 valence electrons. The Morgan fingerprint density at radius 2 is 1.77 bits per heavy atom. The first-order valence-corrected chi connectivity index (χ1v) is 13.3. The van der Waals surface area contributed by atoms with Gasteiger partial charge in [0.05, 0.1) is 29.0 Å². The number of nitrogens with zero attached hydrogens (tertiary/aromatic N) is 3. The van der Waals surface area contributed by atoms with Crippen molar-refractivity contribution in [2.45, 2.75) is 19.4 Å². The molecule has 6 aromatic rings. The molecule has 3 aromatic heterocycles. The fourth-order valence-electron chi connectivity index (χ4n) is 4.80. The molecule has 8 heteroatoms. The van der Waals surface area contributed by atoms with E-state index in [1.807, 2.05) is 47.0 Å². The Kier molecular flexibility index (Phi) is 6.38. The van der Waals surface area contributed by atoms with Gasteiger partial charge >= 0.3 is 5.97 Å². The quantitative estimate of drug-likeness (QED) is 0.248. The first-order valence-electron chi connectivity index (χ1n) is 12.5. The first kappa shape index (κ1) is 24.5. The van der Waals surface area contributed by atoms with E-state index in [0.717, 1.165) is 39.1 Å². The van der Waals surface area contributed by atoms with Gasteiger partial charge in [0.25, 0.3) is 5.91 Å². The van der Waals surface area contributed by atoms with E-state index in [4.69, 9.17) is 4.98 Å². The predicted molar refractivity (Wildman–Crippen MR) is 152 cm³/mol. The van der Waals surface area contributed by atoms with Crippen LogP contribution in [0.25, 0.3) is 27.5 Å². The molecule has 7 nitrogen and oxygen atoms in total. The smallest absolute Gasteiger partial charge is 0.335 e. The molecular weight excluding hydrogens is 508 g/mol. The molecule has 2 N–H and O–H groups in total. The number of carbonyl (C=O) groups is 2. The maximum atomic E-state index is 13.7. The molecular formula is C31H24N4O3S. The fraction of sp³-hybridized carbons (Fsp3) is 0.0968. The molecule has 0 aliphatic carbocycles. The van der Waals surface area contributed by atoms with Crippen LogP contribution in [0.4, 0.5) is 0 Å². The second-order valence-corrected chi connectivity index (χ2v) is 10.1. The van der Waals surface area contributed by atoms with Gasteiger partial charge in [0.2, 0.25) is 0 Å². The molecule has 0 aliphatic rings. The Bertz CT molecular complexity index is 1820. The molecule has 0 saturated carbocycles. The number of carboxylic acid groups (broad SMARTS) is 1. The fourth-order valence-corrected chi connectivity index (χ4v) is 5.33. The first-order chi connectivity index (χ1) is 19.0. The normalized spacial score (nSPS) is 12.0. The molecule has 0 radical (unpaired) electrons. The minimum absolute atomic E-state index is 0.201. The monoisotopic (exact) mass is 532 g/mol. The number of carbonyl (C=O) groups excluding carboxylic acids is 1. The zero-order chi connectivity index (χ0) is 26.9. The number of pyridine rings is 1.